The van der Waals surface area contributed by atoms with Gasteiger partial charge < -0.3 is 4.98 Å². The minimum absolute atomic E-state index is 0.115. The number of hydrazine groups is 1. The Hall–Kier alpha value is -1.30. The lowest BCUT2D eigenvalue weighted by Gasteiger charge is -2.10. The molecule has 0 spiro atoms. The zero-order valence-electron chi connectivity index (χ0n) is 9.13. The van der Waals surface area contributed by atoms with Gasteiger partial charge >= 0.3 is 0 Å². The van der Waals surface area contributed by atoms with Crippen molar-refractivity contribution >= 4 is 27.7 Å². The van der Waals surface area contributed by atoms with Crippen molar-refractivity contribution in [1.82, 2.24) is 15.8 Å². The summed E-state index contributed by atoms with van der Waals surface area (Å²) in [5, 5.41) is 0. The summed E-state index contributed by atoms with van der Waals surface area (Å²) in [5.41, 5.74) is 5.09. The highest BCUT2D eigenvalue weighted by molar-refractivity contribution is 9.10. The number of aromatic amines is 1. The molecule has 3 N–H and O–H groups in total. The van der Waals surface area contributed by atoms with Gasteiger partial charge in [0.2, 0.25) is 5.91 Å². The highest BCUT2D eigenvalue weighted by Crippen LogP contribution is 2.09. The second kappa shape index (κ2) is 5.69. The van der Waals surface area contributed by atoms with Crippen molar-refractivity contribution in [3.63, 3.8) is 0 Å². The lowest BCUT2D eigenvalue weighted by Crippen LogP contribution is -2.44. The van der Waals surface area contributed by atoms with Crippen LogP contribution in [-0.4, -0.2) is 16.8 Å². The number of hydrogen-bond donors (Lipinski definition) is 3. The third-order valence-electron chi connectivity index (χ3n) is 2.25. The Kier molecular flexibility index (Phi) is 4.54. The Morgan fingerprint density at radius 1 is 1.50 bits per heavy atom. The van der Waals surface area contributed by atoms with Gasteiger partial charge in [-0.1, -0.05) is 13.8 Å². The number of aromatic nitrogens is 1. The van der Waals surface area contributed by atoms with Crippen molar-refractivity contribution in [2.75, 3.05) is 0 Å². The third-order valence-corrected chi connectivity index (χ3v) is 2.71. The standard InChI is InChI=1S/C10H14BrN3O2/c1-3-6(2)9(15)13-14-10(16)8-4-7(11)5-12-8/h4-6,12H,3H2,1-2H3,(H,13,15)(H,14,16)/t6-/m0/s1. The molecule has 88 valence electrons. The number of H-pyrrole nitrogens is 1. The summed E-state index contributed by atoms with van der Waals surface area (Å²) in [6.45, 7) is 3.71. The maximum Gasteiger partial charge on any atom is 0.286 e. The van der Waals surface area contributed by atoms with Crippen LogP contribution in [0, 0.1) is 5.92 Å². The summed E-state index contributed by atoms with van der Waals surface area (Å²) >= 11 is 3.22. The number of amides is 2. The van der Waals surface area contributed by atoms with Crippen LogP contribution >= 0.6 is 15.9 Å². The summed E-state index contributed by atoms with van der Waals surface area (Å²) in [7, 11) is 0. The summed E-state index contributed by atoms with van der Waals surface area (Å²) in [6.07, 6.45) is 2.38. The molecule has 1 heterocycles. The van der Waals surface area contributed by atoms with E-state index < -0.39 is 0 Å². The lowest BCUT2D eigenvalue weighted by atomic mass is 10.1. The highest BCUT2D eigenvalue weighted by Gasteiger charge is 2.12. The largest absolute Gasteiger partial charge is 0.356 e. The Morgan fingerprint density at radius 3 is 2.69 bits per heavy atom. The fraction of sp³-hybridized carbons (Fsp3) is 0.400. The number of carbonyl (C=O) groups excluding carboxylic acids is 2. The molecule has 1 aromatic rings. The molecule has 1 atom stereocenters. The summed E-state index contributed by atoms with van der Waals surface area (Å²) in [5.74, 6) is -0.681. The fourth-order valence-electron chi connectivity index (χ4n) is 0.993. The maximum absolute atomic E-state index is 11.5. The monoisotopic (exact) mass is 287 g/mol. The van der Waals surface area contributed by atoms with E-state index in [0.717, 1.165) is 10.9 Å². The van der Waals surface area contributed by atoms with Crippen molar-refractivity contribution in [3.05, 3.63) is 22.4 Å². The topological polar surface area (TPSA) is 74.0 Å². The minimum Gasteiger partial charge on any atom is -0.356 e. The molecule has 0 aliphatic carbocycles. The van der Waals surface area contributed by atoms with Crippen LogP contribution in [0.2, 0.25) is 0 Å². The van der Waals surface area contributed by atoms with E-state index in [0.29, 0.717) is 5.69 Å². The highest BCUT2D eigenvalue weighted by atomic mass is 79.9. The van der Waals surface area contributed by atoms with E-state index in [9.17, 15) is 9.59 Å². The van der Waals surface area contributed by atoms with Crippen molar-refractivity contribution in [2.45, 2.75) is 20.3 Å². The van der Waals surface area contributed by atoms with Gasteiger partial charge in [0.05, 0.1) is 0 Å². The molecule has 5 nitrogen and oxygen atoms in total. The quantitative estimate of drug-likeness (QED) is 0.739. The molecule has 0 fully saturated rings. The SMILES string of the molecule is CC[C@H](C)C(=O)NNC(=O)c1cc(Br)c[nH]1. The van der Waals surface area contributed by atoms with Gasteiger partial charge in [0.15, 0.2) is 0 Å². The number of hydrogen-bond acceptors (Lipinski definition) is 2. The van der Waals surface area contributed by atoms with E-state index in [2.05, 4.69) is 31.8 Å². The molecular weight excluding hydrogens is 274 g/mol. The van der Waals surface area contributed by atoms with E-state index in [1.54, 1.807) is 19.2 Å². The van der Waals surface area contributed by atoms with E-state index in [1.807, 2.05) is 6.92 Å². The maximum atomic E-state index is 11.5. The molecule has 0 aromatic carbocycles. The Morgan fingerprint density at radius 2 is 2.19 bits per heavy atom. The van der Waals surface area contributed by atoms with Gasteiger partial charge in [-0.05, 0) is 28.4 Å². The molecule has 0 radical (unpaired) electrons. The number of carbonyl (C=O) groups is 2. The van der Waals surface area contributed by atoms with Crippen molar-refractivity contribution < 1.29 is 9.59 Å². The molecule has 0 saturated carbocycles. The molecule has 0 aliphatic rings. The number of rotatable bonds is 3. The molecule has 16 heavy (non-hydrogen) atoms. The average Bonchev–Trinajstić information content (AvgIpc) is 2.71. The Labute approximate surface area is 102 Å². The van der Waals surface area contributed by atoms with Crippen molar-refractivity contribution in [3.8, 4) is 0 Å². The van der Waals surface area contributed by atoms with E-state index in [-0.39, 0.29) is 17.7 Å². The molecule has 0 unspecified atom stereocenters. The number of nitrogens with one attached hydrogen (secondary N) is 3. The predicted molar refractivity (Wildman–Crippen MR) is 63.6 cm³/mol. The van der Waals surface area contributed by atoms with Gasteiger partial charge in [0.25, 0.3) is 5.91 Å². The van der Waals surface area contributed by atoms with Crippen LogP contribution < -0.4 is 10.9 Å². The molecule has 2 amide bonds. The van der Waals surface area contributed by atoms with E-state index in [4.69, 9.17) is 0 Å². The molecule has 0 bridgehead atoms. The average molecular weight is 288 g/mol. The minimum atomic E-state index is -0.373. The number of halogens is 1. The van der Waals surface area contributed by atoms with Crippen LogP contribution in [0.1, 0.15) is 30.8 Å². The third kappa shape index (κ3) is 3.37. The van der Waals surface area contributed by atoms with Crippen molar-refractivity contribution in [1.29, 1.82) is 0 Å². The molecule has 6 heteroatoms. The molecule has 1 aromatic heterocycles. The molecule has 1 rings (SSSR count). The molecule has 0 saturated heterocycles. The van der Waals surface area contributed by atoms with Crippen LogP contribution in [0.3, 0.4) is 0 Å². The first-order valence-electron chi connectivity index (χ1n) is 4.98. The summed E-state index contributed by atoms with van der Waals surface area (Å²) in [6, 6.07) is 1.63. The van der Waals surface area contributed by atoms with Crippen molar-refractivity contribution in [2.24, 2.45) is 5.92 Å². The van der Waals surface area contributed by atoms with E-state index in [1.165, 1.54) is 0 Å². The van der Waals surface area contributed by atoms with Gasteiger partial charge in [-0.3, -0.25) is 20.4 Å². The van der Waals surface area contributed by atoms with Gasteiger partial charge in [-0.2, -0.15) is 0 Å². The zero-order valence-corrected chi connectivity index (χ0v) is 10.7. The van der Waals surface area contributed by atoms with Crippen LogP contribution in [0.5, 0.6) is 0 Å². The fourth-order valence-corrected chi connectivity index (χ4v) is 1.34. The zero-order chi connectivity index (χ0) is 12.1. The summed E-state index contributed by atoms with van der Waals surface area (Å²) in [4.78, 5) is 25.6. The first-order valence-corrected chi connectivity index (χ1v) is 5.78. The van der Waals surface area contributed by atoms with E-state index >= 15 is 0 Å². The summed E-state index contributed by atoms with van der Waals surface area (Å²) < 4.78 is 0.783. The second-order valence-corrected chi connectivity index (χ2v) is 4.40. The van der Waals surface area contributed by atoms with Crippen LogP contribution in [0.15, 0.2) is 16.7 Å². The van der Waals surface area contributed by atoms with Gasteiger partial charge in [-0.25, -0.2) is 0 Å². The van der Waals surface area contributed by atoms with Gasteiger partial charge in [0.1, 0.15) is 5.69 Å². The van der Waals surface area contributed by atoms with Gasteiger partial charge in [0, 0.05) is 16.6 Å². The molecular formula is C10H14BrN3O2. The second-order valence-electron chi connectivity index (χ2n) is 3.48. The predicted octanol–water partition coefficient (Wildman–Crippen LogP) is 1.58. The Balaban J connectivity index is 2.44. The smallest absolute Gasteiger partial charge is 0.286 e. The first kappa shape index (κ1) is 12.8. The lowest BCUT2D eigenvalue weighted by molar-refractivity contribution is -0.125. The van der Waals surface area contributed by atoms with Crippen LogP contribution in [0.4, 0.5) is 0 Å². The first-order chi connectivity index (χ1) is 7.54. The normalized spacial score (nSPS) is 11.9. The van der Waals surface area contributed by atoms with Crippen LogP contribution in [-0.2, 0) is 4.79 Å². The van der Waals surface area contributed by atoms with Gasteiger partial charge in [-0.15, -0.1) is 0 Å². The Bertz CT molecular complexity index is 389. The van der Waals surface area contributed by atoms with Crippen LogP contribution in [0.25, 0.3) is 0 Å². The molecule has 0 aliphatic heterocycles.